The van der Waals surface area contributed by atoms with E-state index in [-0.39, 0.29) is 20.4 Å². The number of anilines is 1. The molecule has 1 N–H and O–H groups in total. The van der Waals surface area contributed by atoms with Gasteiger partial charge < -0.3 is 5.32 Å². The van der Waals surface area contributed by atoms with Crippen LogP contribution in [0.2, 0.25) is 0 Å². The predicted molar refractivity (Wildman–Crippen MR) is 52.7 cm³/mol. The summed E-state index contributed by atoms with van der Waals surface area (Å²) in [7, 11) is 1.83. The van der Waals surface area contributed by atoms with Crippen molar-refractivity contribution >= 4 is 11.5 Å². The SMILES string of the molecule is CC.CNc1cnc2cc[c-]nn12.[Re]. The third kappa shape index (κ3) is 2.53. The smallest absolute Gasteiger partial charge is 0.144 e. The summed E-state index contributed by atoms with van der Waals surface area (Å²) in [6.07, 6.45) is 4.46. The Hall–Kier alpha value is -0.918. The maximum Gasteiger partial charge on any atom is 0.144 e. The van der Waals surface area contributed by atoms with Crippen molar-refractivity contribution in [2.45, 2.75) is 13.8 Å². The van der Waals surface area contributed by atoms with Crippen LogP contribution in [0, 0.1) is 6.20 Å². The van der Waals surface area contributed by atoms with Crippen LogP contribution in [0.25, 0.3) is 5.65 Å². The van der Waals surface area contributed by atoms with Gasteiger partial charge in [-0.15, -0.1) is 6.20 Å². The topological polar surface area (TPSA) is 42.2 Å². The molecule has 2 rings (SSSR count). The van der Waals surface area contributed by atoms with Crippen LogP contribution < -0.4 is 5.32 Å². The van der Waals surface area contributed by atoms with E-state index in [0.29, 0.717) is 0 Å². The first kappa shape index (κ1) is 13.1. The van der Waals surface area contributed by atoms with Gasteiger partial charge in [0.15, 0.2) is 0 Å². The first-order valence-electron chi connectivity index (χ1n) is 4.30. The summed E-state index contributed by atoms with van der Waals surface area (Å²) in [5.74, 6) is 0.872. The molecule has 4 nitrogen and oxygen atoms in total. The molecule has 0 atom stereocenters. The van der Waals surface area contributed by atoms with Gasteiger partial charge >= 0.3 is 0 Å². The van der Waals surface area contributed by atoms with E-state index in [4.69, 9.17) is 0 Å². The van der Waals surface area contributed by atoms with E-state index in [9.17, 15) is 0 Å². The normalized spacial score (nSPS) is 8.50. The molecule has 5 heteroatoms. The van der Waals surface area contributed by atoms with Gasteiger partial charge in [0.05, 0.1) is 11.8 Å². The number of nitrogens with one attached hydrogen (secondary N) is 1. The second-order valence-corrected chi connectivity index (χ2v) is 2.13. The van der Waals surface area contributed by atoms with Crippen molar-refractivity contribution in [3.05, 3.63) is 24.5 Å². The summed E-state index contributed by atoms with van der Waals surface area (Å²) in [5.41, 5.74) is 0.827. The predicted octanol–water partition coefficient (Wildman–Crippen LogP) is 1.59. The van der Waals surface area contributed by atoms with E-state index in [1.54, 1.807) is 16.8 Å². The number of rotatable bonds is 1. The quantitative estimate of drug-likeness (QED) is 0.783. The fraction of sp³-hybridized carbons (Fsp3) is 0.333. The van der Waals surface area contributed by atoms with Gasteiger partial charge in [0, 0.05) is 27.5 Å². The molecule has 2 aromatic rings. The molecule has 0 bridgehead atoms. The molecule has 0 amide bonds. The van der Waals surface area contributed by atoms with Crippen LogP contribution in [-0.2, 0) is 20.4 Å². The largest absolute Gasteiger partial charge is 0.372 e. The Labute approximate surface area is 97.4 Å². The van der Waals surface area contributed by atoms with Crippen molar-refractivity contribution in [2.24, 2.45) is 0 Å². The number of hydrogen-bond acceptors (Lipinski definition) is 3. The number of hydrogen-bond donors (Lipinski definition) is 1. The molecule has 0 fully saturated rings. The van der Waals surface area contributed by atoms with Crippen molar-refractivity contribution in [3.8, 4) is 0 Å². The molecule has 2 aromatic heterocycles. The second-order valence-electron chi connectivity index (χ2n) is 2.13. The Morgan fingerprint density at radius 3 is 2.79 bits per heavy atom. The average molecular weight is 363 g/mol. The van der Waals surface area contributed by atoms with Crippen LogP contribution in [0.15, 0.2) is 18.3 Å². The van der Waals surface area contributed by atoms with E-state index < -0.39 is 0 Å². The summed E-state index contributed by atoms with van der Waals surface area (Å²) < 4.78 is 1.69. The van der Waals surface area contributed by atoms with Crippen LogP contribution in [-0.4, -0.2) is 21.6 Å². The van der Waals surface area contributed by atoms with E-state index in [2.05, 4.69) is 21.6 Å². The van der Waals surface area contributed by atoms with Crippen molar-refractivity contribution in [1.82, 2.24) is 14.6 Å². The van der Waals surface area contributed by atoms with Crippen molar-refractivity contribution in [2.75, 3.05) is 12.4 Å². The Kier molecular flexibility index (Phi) is 6.10. The molecule has 77 valence electrons. The molecule has 14 heavy (non-hydrogen) atoms. The molecule has 1 radical (unpaired) electrons. The molecule has 0 aromatic carbocycles. The summed E-state index contributed by atoms with van der Waals surface area (Å²) in [6, 6.07) is 3.59. The third-order valence-electron chi connectivity index (χ3n) is 1.49. The van der Waals surface area contributed by atoms with Crippen molar-refractivity contribution in [1.29, 1.82) is 0 Å². The van der Waals surface area contributed by atoms with Gasteiger partial charge in [-0.3, -0.25) is 10.1 Å². The van der Waals surface area contributed by atoms with Gasteiger partial charge in [-0.25, -0.2) is 10.6 Å². The standard InChI is InChI=1S/C7H7N4.C2H6.Re/c1-8-7-5-9-6-3-2-4-10-11(6)7;1-2;/h2-3,5,8H,1H3;1-2H3;/q-1;;. The van der Waals surface area contributed by atoms with Crippen LogP contribution in [0.3, 0.4) is 0 Å². The van der Waals surface area contributed by atoms with Crippen LogP contribution in [0.4, 0.5) is 5.82 Å². The Balaban J connectivity index is 0.000000531. The molecule has 2 heterocycles. The zero-order valence-corrected chi connectivity index (χ0v) is 11.2. The van der Waals surface area contributed by atoms with Crippen LogP contribution in [0.5, 0.6) is 0 Å². The number of nitrogens with zero attached hydrogens (tertiary/aromatic N) is 3. The van der Waals surface area contributed by atoms with Gasteiger partial charge in [-0.2, -0.15) is 6.07 Å². The van der Waals surface area contributed by atoms with Gasteiger partial charge in [0.2, 0.25) is 0 Å². The zero-order chi connectivity index (χ0) is 9.68. The first-order chi connectivity index (χ1) is 6.42. The number of fused-ring (bicyclic) bond motifs is 1. The van der Waals surface area contributed by atoms with Gasteiger partial charge in [0.25, 0.3) is 0 Å². The molecular weight excluding hydrogens is 350 g/mol. The fourth-order valence-electron chi connectivity index (χ4n) is 0.952. The average Bonchev–Trinajstić information content (AvgIpc) is 2.64. The molecular formula is C9H13N4Re-. The minimum absolute atomic E-state index is 0. The minimum atomic E-state index is 0. The molecule has 0 saturated heterocycles. The van der Waals surface area contributed by atoms with Gasteiger partial charge in [0.1, 0.15) is 5.82 Å². The van der Waals surface area contributed by atoms with Gasteiger partial charge in [-0.05, 0) is 0 Å². The van der Waals surface area contributed by atoms with Crippen LogP contribution >= 0.6 is 0 Å². The first-order valence-corrected chi connectivity index (χ1v) is 4.30. The molecule has 0 saturated carbocycles. The Morgan fingerprint density at radius 1 is 1.43 bits per heavy atom. The number of imidazole rings is 1. The molecule has 0 aliphatic rings. The monoisotopic (exact) mass is 364 g/mol. The minimum Gasteiger partial charge on any atom is -0.372 e. The van der Waals surface area contributed by atoms with Gasteiger partial charge in [-0.1, -0.05) is 13.8 Å². The maximum atomic E-state index is 4.11. The van der Waals surface area contributed by atoms with E-state index >= 15 is 0 Å². The van der Waals surface area contributed by atoms with E-state index in [1.807, 2.05) is 27.0 Å². The molecule has 0 unspecified atom stereocenters. The summed E-state index contributed by atoms with van der Waals surface area (Å²) in [6.45, 7) is 4.00. The summed E-state index contributed by atoms with van der Waals surface area (Å²) >= 11 is 0. The second kappa shape index (κ2) is 6.52. The fourth-order valence-corrected chi connectivity index (χ4v) is 0.952. The molecule has 0 aliphatic heterocycles. The third-order valence-corrected chi connectivity index (χ3v) is 1.49. The number of aromatic nitrogens is 3. The Morgan fingerprint density at radius 2 is 2.14 bits per heavy atom. The Bertz CT molecular complexity index is 372. The van der Waals surface area contributed by atoms with Crippen molar-refractivity contribution < 1.29 is 20.4 Å². The van der Waals surface area contributed by atoms with Crippen molar-refractivity contribution in [3.63, 3.8) is 0 Å². The zero-order valence-electron chi connectivity index (χ0n) is 8.45. The van der Waals surface area contributed by atoms with E-state index in [1.165, 1.54) is 0 Å². The van der Waals surface area contributed by atoms with E-state index in [0.717, 1.165) is 11.5 Å². The molecule has 0 aliphatic carbocycles. The summed E-state index contributed by atoms with van der Waals surface area (Å²) in [5, 5.41) is 6.95. The summed E-state index contributed by atoms with van der Waals surface area (Å²) in [4.78, 5) is 4.11. The maximum absolute atomic E-state index is 4.11. The molecule has 0 spiro atoms. The van der Waals surface area contributed by atoms with Crippen LogP contribution in [0.1, 0.15) is 13.8 Å².